The van der Waals surface area contributed by atoms with Crippen LogP contribution in [0.4, 0.5) is 0 Å². The lowest BCUT2D eigenvalue weighted by Crippen LogP contribution is -1.97. The predicted molar refractivity (Wildman–Crippen MR) is 586 cm³/mol. The molecule has 9 aromatic heterocycles. The van der Waals surface area contributed by atoms with E-state index < -0.39 is 0 Å². The van der Waals surface area contributed by atoms with Gasteiger partial charge in [-0.1, -0.05) is 376 Å². The van der Waals surface area contributed by atoms with Gasteiger partial charge in [0.2, 0.25) is 0 Å². The molecule has 19 aromatic carbocycles. The standard InChI is InChI=1S/C46H29N3S.C40H25N3S.C40H24N2S2/c1-3-12-30(13-4-1)31-22-24-32(25-23-31)45-47-44(43-38-19-8-10-21-42(38)50-46(43)48-45)35-15-11-14-33(28-35)34-26-27-41-39(29-34)37-18-7-9-20-40(37)49(41)36-16-5-2-6-17-36;1-2-11-26(12-3-1)27-21-23-28(24-22-27)39-41-38(37-33-17-6-9-20-36(33)44-40(37)42-39)29-13-10-14-30(25-29)43-34-18-7-4-15-31(34)32-16-5-8-19-35(32)43;1-2-10-25(11-3-1)26-20-22-27(23-21-26)39-41-38(37-32-15-5-7-18-34(32)44-40(37)42-39)29-13-8-12-28(24-29)30-16-9-19-35-36(30)31-14-4-6-17-33(31)43-35/h1-29H;1-25H;1-24H. The van der Waals surface area contributed by atoms with E-state index in [1.54, 1.807) is 34.0 Å². The second kappa shape index (κ2) is 34.7. The lowest BCUT2D eigenvalue weighted by atomic mass is 9.96. The summed E-state index contributed by atoms with van der Waals surface area (Å²) >= 11 is 7.05. The van der Waals surface area contributed by atoms with Gasteiger partial charge >= 0.3 is 0 Å². The summed E-state index contributed by atoms with van der Waals surface area (Å²) in [6, 6.07) is 168. The lowest BCUT2D eigenvalue weighted by Gasteiger charge is -2.12. The first-order chi connectivity index (χ1) is 68.4. The molecule has 28 aromatic rings. The fourth-order valence-corrected chi connectivity index (χ4v) is 24.3. The molecule has 0 amide bonds. The molecule has 8 nitrogen and oxygen atoms in total. The molecule has 0 unspecified atom stereocenters. The van der Waals surface area contributed by atoms with Gasteiger partial charge in [-0.15, -0.1) is 45.3 Å². The molecule has 0 N–H and O–H groups in total. The molecule has 0 atom stereocenters. The zero-order valence-electron chi connectivity index (χ0n) is 74.2. The Kier molecular flexibility index (Phi) is 20.6. The predicted octanol–water partition coefficient (Wildman–Crippen LogP) is 35.4. The SMILES string of the molecule is c1ccc(-c2ccc(-c3nc(-c4cccc(-c5ccc6c(c5)c5ccccc5n6-c5ccccc5)c4)c4c(n3)sc3ccccc34)cc2)cc1.c1ccc(-c2ccc(-c3nc(-c4cccc(-c5cccc6sc7ccccc7c56)c4)c4c(n3)sc3ccccc34)cc2)cc1.c1ccc(-c2ccc(-c3nc(-c4cccc(-n5c6ccccc6c6ccccc65)c4)c4c(n3)sc3ccccc34)cc2)cc1. The van der Waals surface area contributed by atoms with Gasteiger partial charge < -0.3 is 9.13 Å². The Morgan fingerprint density at radius 1 is 0.152 bits per heavy atom. The maximum atomic E-state index is 5.32. The minimum atomic E-state index is 0.735. The summed E-state index contributed by atoms with van der Waals surface area (Å²) in [5.74, 6) is 2.22. The van der Waals surface area contributed by atoms with Gasteiger partial charge in [-0.2, -0.15) is 0 Å². The Balaban J connectivity index is 0.000000107. The van der Waals surface area contributed by atoms with Crippen LogP contribution in [0.3, 0.4) is 0 Å². The van der Waals surface area contributed by atoms with E-state index in [0.717, 1.165) is 116 Å². The van der Waals surface area contributed by atoms with Crippen molar-refractivity contribution >= 4 is 170 Å². The van der Waals surface area contributed by atoms with E-state index in [1.165, 1.54) is 144 Å². The zero-order valence-corrected chi connectivity index (χ0v) is 77.5. The summed E-state index contributed by atoms with van der Waals surface area (Å²) < 4.78 is 11.0. The van der Waals surface area contributed by atoms with Crippen LogP contribution in [0.1, 0.15) is 0 Å². The molecule has 9 heterocycles. The Morgan fingerprint density at radius 2 is 0.428 bits per heavy atom. The molecule has 138 heavy (non-hydrogen) atoms. The minimum absolute atomic E-state index is 0.735. The van der Waals surface area contributed by atoms with Gasteiger partial charge in [0.15, 0.2) is 17.5 Å². The van der Waals surface area contributed by atoms with Gasteiger partial charge in [-0.3, -0.25) is 0 Å². The van der Waals surface area contributed by atoms with Crippen LogP contribution in [0.5, 0.6) is 0 Å². The Labute approximate surface area is 810 Å². The maximum absolute atomic E-state index is 5.32. The van der Waals surface area contributed by atoms with Crippen molar-refractivity contribution in [2.24, 2.45) is 0 Å². The molecule has 0 radical (unpaired) electrons. The van der Waals surface area contributed by atoms with Crippen LogP contribution >= 0.6 is 45.3 Å². The first kappa shape index (κ1) is 81.6. The lowest BCUT2D eigenvalue weighted by molar-refractivity contribution is 1.18. The molecule has 12 heteroatoms. The van der Waals surface area contributed by atoms with E-state index in [1.807, 2.05) is 29.5 Å². The number of benzene rings is 19. The number of nitrogens with zero attached hydrogens (tertiary/aromatic N) is 8. The third-order valence-corrected chi connectivity index (χ3v) is 30.8. The van der Waals surface area contributed by atoms with Crippen molar-refractivity contribution in [3.05, 3.63) is 473 Å². The number of hydrogen-bond donors (Lipinski definition) is 0. The van der Waals surface area contributed by atoms with Crippen LogP contribution in [0.15, 0.2) is 473 Å². The molecule has 28 rings (SSSR count). The third kappa shape index (κ3) is 14.7. The normalized spacial score (nSPS) is 11.6. The van der Waals surface area contributed by atoms with Gasteiger partial charge in [-0.25, -0.2) is 29.9 Å². The average Bonchev–Trinajstić information content (AvgIpc) is 1.59. The summed E-state index contributed by atoms with van der Waals surface area (Å²) in [6.07, 6.45) is 0. The van der Waals surface area contributed by atoms with Gasteiger partial charge in [0.25, 0.3) is 0 Å². The van der Waals surface area contributed by atoms with Gasteiger partial charge in [-0.05, 0) is 153 Å². The molecule has 0 aliphatic rings. The van der Waals surface area contributed by atoms with E-state index in [-0.39, 0.29) is 0 Å². The highest BCUT2D eigenvalue weighted by atomic mass is 32.1. The number of aromatic nitrogens is 8. The highest BCUT2D eigenvalue weighted by Gasteiger charge is 2.25. The molecule has 0 saturated heterocycles. The van der Waals surface area contributed by atoms with Crippen molar-refractivity contribution in [1.29, 1.82) is 0 Å². The Bertz CT molecular complexity index is 9520. The van der Waals surface area contributed by atoms with E-state index in [2.05, 4.69) is 464 Å². The van der Waals surface area contributed by atoms with Gasteiger partial charge in [0.1, 0.15) is 14.5 Å². The van der Waals surface area contributed by atoms with Gasteiger partial charge in [0, 0.05) is 133 Å². The molecule has 0 saturated carbocycles. The second-order valence-electron chi connectivity index (χ2n) is 34.6. The largest absolute Gasteiger partial charge is 0.309 e. The minimum Gasteiger partial charge on any atom is -0.309 e. The fraction of sp³-hybridized carbons (Fsp3) is 0. The van der Waals surface area contributed by atoms with Crippen molar-refractivity contribution in [2.75, 3.05) is 0 Å². The monoisotopic (exact) mass is 1830 g/mol. The van der Waals surface area contributed by atoms with Crippen molar-refractivity contribution in [3.63, 3.8) is 0 Å². The molecular weight excluding hydrogens is 1750 g/mol. The summed E-state index contributed by atoms with van der Waals surface area (Å²) in [7, 11) is 0. The number of para-hydroxylation sites is 4. The van der Waals surface area contributed by atoms with Crippen LogP contribution in [-0.2, 0) is 0 Å². The first-order valence-corrected chi connectivity index (χ1v) is 49.5. The van der Waals surface area contributed by atoms with E-state index >= 15 is 0 Å². The van der Waals surface area contributed by atoms with Crippen LogP contribution in [-0.4, -0.2) is 39.0 Å². The summed E-state index contributed by atoms with van der Waals surface area (Å²) in [5, 5.41) is 14.5. The molecule has 0 spiro atoms. The van der Waals surface area contributed by atoms with Crippen molar-refractivity contribution in [3.8, 4) is 135 Å². The molecule has 0 aliphatic carbocycles. The topological polar surface area (TPSA) is 87.2 Å². The number of hydrogen-bond acceptors (Lipinski definition) is 10. The van der Waals surface area contributed by atoms with Crippen LogP contribution in [0, 0.1) is 0 Å². The van der Waals surface area contributed by atoms with Crippen LogP contribution in [0.2, 0.25) is 0 Å². The molecule has 0 fully saturated rings. The third-order valence-electron chi connectivity index (χ3n) is 26.4. The quantitative estimate of drug-likeness (QED) is 0.114. The highest BCUT2D eigenvalue weighted by molar-refractivity contribution is 7.27. The smallest absolute Gasteiger partial charge is 0.161 e. The number of fused-ring (bicyclic) bond motifs is 18. The number of thiophene rings is 4. The molecular formula is C126H78N8S4. The van der Waals surface area contributed by atoms with E-state index in [4.69, 9.17) is 29.9 Å². The summed E-state index contributed by atoms with van der Waals surface area (Å²) in [5.41, 5.74) is 28.1. The first-order valence-electron chi connectivity index (χ1n) is 46.3. The van der Waals surface area contributed by atoms with Crippen LogP contribution in [0.25, 0.3) is 260 Å². The van der Waals surface area contributed by atoms with Crippen molar-refractivity contribution in [1.82, 2.24) is 39.0 Å². The average molecular weight is 1830 g/mol. The Hall–Kier alpha value is -17.1. The maximum Gasteiger partial charge on any atom is 0.161 e. The molecule has 646 valence electrons. The van der Waals surface area contributed by atoms with E-state index in [0.29, 0.717) is 0 Å². The summed E-state index contributed by atoms with van der Waals surface area (Å²) in [6.45, 7) is 0. The second-order valence-corrected chi connectivity index (χ2v) is 38.8. The van der Waals surface area contributed by atoms with Crippen LogP contribution < -0.4 is 0 Å². The fourth-order valence-electron chi connectivity index (χ4n) is 19.9. The Morgan fingerprint density at radius 3 is 0.870 bits per heavy atom. The van der Waals surface area contributed by atoms with E-state index in [9.17, 15) is 0 Å². The zero-order chi connectivity index (χ0) is 91.1. The molecule has 0 bridgehead atoms. The van der Waals surface area contributed by atoms with Crippen molar-refractivity contribution < 1.29 is 0 Å². The van der Waals surface area contributed by atoms with Gasteiger partial charge in [0.05, 0.1) is 39.1 Å². The molecule has 0 aliphatic heterocycles. The summed E-state index contributed by atoms with van der Waals surface area (Å²) in [4.78, 5) is 34.3. The van der Waals surface area contributed by atoms with Crippen molar-refractivity contribution in [2.45, 2.75) is 0 Å². The number of rotatable bonds is 13. The highest BCUT2D eigenvalue weighted by Crippen LogP contribution is 2.48.